The first-order valence-electron chi connectivity index (χ1n) is 6.20. The Morgan fingerprint density at radius 3 is 2.45 bits per heavy atom. The molecule has 0 saturated heterocycles. The van der Waals surface area contributed by atoms with Crippen molar-refractivity contribution >= 4 is 28.3 Å². The van der Waals surface area contributed by atoms with Gasteiger partial charge in [0.25, 0.3) is 5.91 Å². The summed E-state index contributed by atoms with van der Waals surface area (Å²) in [5.41, 5.74) is 0.711. The van der Waals surface area contributed by atoms with Gasteiger partial charge in [-0.2, -0.15) is 0 Å². The highest BCUT2D eigenvalue weighted by atomic mass is 32.1. The zero-order valence-corrected chi connectivity index (χ0v) is 13.0. The number of nitrogens with one attached hydrogen (secondary N) is 1. The number of carboxylic acids is 1. The Balaban J connectivity index is 2.22. The fourth-order valence-corrected chi connectivity index (χ4v) is 2.60. The van der Waals surface area contributed by atoms with Crippen molar-refractivity contribution in [3.05, 3.63) is 34.3 Å². The normalized spacial score (nSPS) is 10.1. The van der Waals surface area contributed by atoms with Crippen molar-refractivity contribution in [2.24, 2.45) is 0 Å². The smallest absolute Gasteiger partial charge is 0.347 e. The number of aromatic nitrogens is 1. The van der Waals surface area contributed by atoms with Crippen molar-refractivity contribution in [3.63, 3.8) is 0 Å². The molecule has 2 N–H and O–H groups in total. The van der Waals surface area contributed by atoms with E-state index in [0.29, 0.717) is 22.8 Å². The molecule has 0 aliphatic carbocycles. The van der Waals surface area contributed by atoms with Crippen LogP contribution < -0.4 is 14.8 Å². The van der Waals surface area contributed by atoms with Crippen LogP contribution in [-0.2, 0) is 0 Å². The number of anilines is 1. The molecule has 0 atom stereocenters. The fourth-order valence-electron chi connectivity index (χ4n) is 1.80. The van der Waals surface area contributed by atoms with Gasteiger partial charge in [0.2, 0.25) is 0 Å². The largest absolute Gasteiger partial charge is 0.493 e. The highest BCUT2D eigenvalue weighted by Crippen LogP contribution is 2.28. The fraction of sp³-hybridized carbons (Fsp3) is 0.214. The van der Waals surface area contributed by atoms with Gasteiger partial charge in [-0.25, -0.2) is 9.78 Å². The zero-order chi connectivity index (χ0) is 16.3. The lowest BCUT2D eigenvalue weighted by Crippen LogP contribution is -2.11. The molecule has 1 aromatic heterocycles. The van der Waals surface area contributed by atoms with E-state index < -0.39 is 11.9 Å². The van der Waals surface area contributed by atoms with Crippen LogP contribution >= 0.6 is 11.3 Å². The maximum Gasteiger partial charge on any atom is 0.347 e. The molecule has 0 aliphatic rings. The molecule has 8 heteroatoms. The van der Waals surface area contributed by atoms with Crippen LogP contribution in [0.2, 0.25) is 0 Å². The topological polar surface area (TPSA) is 97.8 Å². The molecule has 1 aromatic carbocycles. The molecule has 0 fully saturated rings. The number of ether oxygens (including phenoxy) is 2. The standard InChI is InChI=1S/C14H14N2O5S/c1-7-11(13(18)19)22-14(15-7)16-12(17)8-4-5-9(20-2)10(6-8)21-3/h4-6H,1-3H3,(H,18,19)(H,15,16,17). The van der Waals surface area contributed by atoms with E-state index in [1.54, 1.807) is 19.1 Å². The van der Waals surface area contributed by atoms with Crippen molar-refractivity contribution in [3.8, 4) is 11.5 Å². The number of amides is 1. The Hall–Kier alpha value is -2.61. The van der Waals surface area contributed by atoms with Crippen LogP contribution in [0.25, 0.3) is 0 Å². The van der Waals surface area contributed by atoms with Crippen LogP contribution in [-0.4, -0.2) is 36.2 Å². The number of rotatable bonds is 5. The maximum atomic E-state index is 12.2. The van der Waals surface area contributed by atoms with Gasteiger partial charge in [-0.1, -0.05) is 11.3 Å². The molecule has 2 rings (SSSR count). The van der Waals surface area contributed by atoms with E-state index in [9.17, 15) is 9.59 Å². The Bertz CT molecular complexity index is 726. The number of carbonyl (C=O) groups is 2. The third-order valence-corrected chi connectivity index (χ3v) is 3.92. The molecule has 0 aliphatic heterocycles. The molecule has 7 nitrogen and oxygen atoms in total. The van der Waals surface area contributed by atoms with E-state index >= 15 is 0 Å². The molecule has 0 radical (unpaired) electrons. The van der Waals surface area contributed by atoms with Crippen molar-refractivity contribution < 1.29 is 24.2 Å². The first kappa shape index (κ1) is 15.8. The average Bonchev–Trinajstić information content (AvgIpc) is 2.87. The number of thiazole rings is 1. The summed E-state index contributed by atoms with van der Waals surface area (Å²) in [4.78, 5) is 27.3. The molecular formula is C14H14N2O5S. The molecule has 116 valence electrons. The molecular weight excluding hydrogens is 308 g/mol. The summed E-state index contributed by atoms with van der Waals surface area (Å²) >= 11 is 0.910. The number of aryl methyl sites for hydroxylation is 1. The van der Waals surface area contributed by atoms with Crippen molar-refractivity contribution in [2.45, 2.75) is 6.92 Å². The number of carboxylic acid groups (broad SMARTS) is 1. The minimum Gasteiger partial charge on any atom is -0.493 e. The van der Waals surface area contributed by atoms with E-state index in [2.05, 4.69) is 10.3 Å². The van der Waals surface area contributed by atoms with Gasteiger partial charge in [-0.05, 0) is 25.1 Å². The van der Waals surface area contributed by atoms with Crippen LogP contribution in [0.3, 0.4) is 0 Å². The van der Waals surface area contributed by atoms with Gasteiger partial charge in [0.15, 0.2) is 16.6 Å². The summed E-state index contributed by atoms with van der Waals surface area (Å²) in [6, 6.07) is 4.73. The van der Waals surface area contributed by atoms with Crippen molar-refractivity contribution in [1.82, 2.24) is 4.98 Å². The van der Waals surface area contributed by atoms with E-state index in [1.165, 1.54) is 20.3 Å². The number of benzene rings is 1. The third kappa shape index (κ3) is 3.17. The lowest BCUT2D eigenvalue weighted by molar-refractivity contribution is 0.0701. The van der Waals surface area contributed by atoms with Gasteiger partial charge >= 0.3 is 5.97 Å². The number of hydrogen-bond donors (Lipinski definition) is 2. The second kappa shape index (κ2) is 6.44. The van der Waals surface area contributed by atoms with E-state index in [4.69, 9.17) is 14.6 Å². The number of aromatic carboxylic acids is 1. The molecule has 0 unspecified atom stereocenters. The number of carbonyl (C=O) groups excluding carboxylic acids is 1. The molecule has 22 heavy (non-hydrogen) atoms. The number of nitrogens with zero attached hydrogens (tertiary/aromatic N) is 1. The third-order valence-electron chi connectivity index (χ3n) is 2.86. The Labute approximate surface area is 130 Å². The lowest BCUT2D eigenvalue weighted by atomic mass is 10.2. The highest BCUT2D eigenvalue weighted by Gasteiger charge is 2.17. The summed E-state index contributed by atoms with van der Waals surface area (Å²) in [5.74, 6) is -0.540. The van der Waals surface area contributed by atoms with Crippen LogP contribution in [0.1, 0.15) is 25.7 Å². The minimum absolute atomic E-state index is 0.0996. The summed E-state index contributed by atoms with van der Waals surface area (Å²) in [7, 11) is 2.98. The molecule has 0 bridgehead atoms. The first-order chi connectivity index (χ1) is 10.5. The zero-order valence-electron chi connectivity index (χ0n) is 12.2. The van der Waals surface area contributed by atoms with E-state index in [-0.39, 0.29) is 10.0 Å². The first-order valence-corrected chi connectivity index (χ1v) is 7.02. The Morgan fingerprint density at radius 1 is 1.23 bits per heavy atom. The van der Waals surface area contributed by atoms with Gasteiger partial charge < -0.3 is 14.6 Å². The molecule has 0 saturated carbocycles. The summed E-state index contributed by atoms with van der Waals surface area (Å²) < 4.78 is 10.2. The summed E-state index contributed by atoms with van der Waals surface area (Å²) in [6.07, 6.45) is 0. The number of methoxy groups -OCH3 is 2. The maximum absolute atomic E-state index is 12.2. The van der Waals surface area contributed by atoms with E-state index in [0.717, 1.165) is 11.3 Å². The van der Waals surface area contributed by atoms with Crippen LogP contribution in [0.4, 0.5) is 5.13 Å². The van der Waals surface area contributed by atoms with Crippen LogP contribution in [0.5, 0.6) is 11.5 Å². The molecule has 2 aromatic rings. The summed E-state index contributed by atoms with van der Waals surface area (Å²) in [6.45, 7) is 1.58. The highest BCUT2D eigenvalue weighted by molar-refractivity contribution is 7.17. The predicted octanol–water partition coefficient (Wildman–Crippen LogP) is 2.42. The number of hydrogen-bond acceptors (Lipinski definition) is 6. The Morgan fingerprint density at radius 2 is 1.91 bits per heavy atom. The lowest BCUT2D eigenvalue weighted by Gasteiger charge is -2.09. The Kier molecular flexibility index (Phi) is 4.62. The minimum atomic E-state index is -1.07. The van der Waals surface area contributed by atoms with Gasteiger partial charge in [-0.3, -0.25) is 10.1 Å². The average molecular weight is 322 g/mol. The second-order valence-corrected chi connectivity index (χ2v) is 5.26. The van der Waals surface area contributed by atoms with Gasteiger partial charge in [0.05, 0.1) is 19.9 Å². The SMILES string of the molecule is COc1ccc(C(=O)Nc2nc(C)c(C(=O)O)s2)cc1OC. The monoisotopic (exact) mass is 322 g/mol. The molecule has 0 spiro atoms. The van der Waals surface area contributed by atoms with Crippen molar-refractivity contribution in [2.75, 3.05) is 19.5 Å². The van der Waals surface area contributed by atoms with Crippen molar-refractivity contribution in [1.29, 1.82) is 0 Å². The van der Waals surface area contributed by atoms with Gasteiger partial charge in [0.1, 0.15) is 4.88 Å². The van der Waals surface area contributed by atoms with Gasteiger partial charge in [-0.15, -0.1) is 0 Å². The molecule has 1 amide bonds. The quantitative estimate of drug-likeness (QED) is 0.877. The van der Waals surface area contributed by atoms with E-state index in [1.807, 2.05) is 0 Å². The van der Waals surface area contributed by atoms with Crippen LogP contribution in [0, 0.1) is 6.92 Å². The second-order valence-electron chi connectivity index (χ2n) is 4.26. The van der Waals surface area contributed by atoms with Crippen LogP contribution in [0.15, 0.2) is 18.2 Å². The van der Waals surface area contributed by atoms with Gasteiger partial charge in [0, 0.05) is 5.56 Å². The summed E-state index contributed by atoms with van der Waals surface area (Å²) in [5, 5.41) is 11.8. The predicted molar refractivity (Wildman–Crippen MR) is 81.3 cm³/mol. The molecule has 1 heterocycles.